The lowest BCUT2D eigenvalue weighted by Crippen LogP contribution is -2.38. The van der Waals surface area contributed by atoms with E-state index in [1.54, 1.807) is 59.7 Å². The van der Waals surface area contributed by atoms with Crippen LogP contribution in [-0.4, -0.2) is 34.4 Å². The minimum Gasteiger partial charge on any atom is -0.467 e. The highest BCUT2D eigenvalue weighted by Crippen LogP contribution is 2.41. The van der Waals surface area contributed by atoms with Crippen LogP contribution in [0.2, 0.25) is 0 Å². The van der Waals surface area contributed by atoms with Crippen molar-refractivity contribution in [1.29, 1.82) is 5.26 Å². The lowest BCUT2D eigenvalue weighted by atomic mass is 10.2. The molecule has 0 aromatic carbocycles. The molecule has 0 aliphatic rings. The number of fused-ring (bicyclic) bond motifs is 1. The molecule has 198 valence electrons. The fourth-order valence-corrected chi connectivity index (χ4v) is 5.53. The zero-order chi connectivity index (χ0) is 27.5. The van der Waals surface area contributed by atoms with Crippen LogP contribution in [0.1, 0.15) is 64.8 Å². The third kappa shape index (κ3) is 7.69. The summed E-state index contributed by atoms with van der Waals surface area (Å²) in [4.78, 5) is 32.4. The Morgan fingerprint density at radius 1 is 1.24 bits per heavy atom. The van der Waals surface area contributed by atoms with E-state index in [0.717, 1.165) is 4.88 Å². The molecule has 1 atom stereocenters. The van der Waals surface area contributed by atoms with Gasteiger partial charge in [0.05, 0.1) is 33.2 Å². The molecule has 0 saturated heterocycles. The first-order valence-corrected chi connectivity index (χ1v) is 13.3. The van der Waals surface area contributed by atoms with Crippen molar-refractivity contribution in [1.82, 2.24) is 10.3 Å². The van der Waals surface area contributed by atoms with Crippen molar-refractivity contribution in [3.8, 4) is 6.07 Å². The third-order valence-corrected chi connectivity index (χ3v) is 7.14. The minimum atomic E-state index is -0.730. The Morgan fingerprint density at radius 3 is 2.49 bits per heavy atom. The number of halogens is 1. The number of rotatable bonds is 6. The molecule has 0 radical (unpaired) electrons. The molecule has 3 aromatic rings. The lowest BCUT2D eigenvalue weighted by molar-refractivity contribution is 0.0507. The van der Waals surface area contributed by atoms with Gasteiger partial charge in [0.25, 0.3) is 0 Å². The smallest absolute Gasteiger partial charge is 0.415 e. The molecule has 2 amide bonds. The lowest BCUT2D eigenvalue weighted by Gasteiger charge is -2.27. The highest BCUT2D eigenvalue weighted by atomic mass is 79.9. The molecule has 37 heavy (non-hydrogen) atoms. The second-order valence-electron chi connectivity index (χ2n) is 10.6. The largest absolute Gasteiger partial charge is 0.467 e. The molecule has 11 heteroatoms. The van der Waals surface area contributed by atoms with Crippen molar-refractivity contribution < 1.29 is 23.5 Å². The zero-order valence-electron chi connectivity index (χ0n) is 22.0. The molecule has 0 aliphatic carbocycles. The molecular weight excluding hydrogens is 560 g/mol. The second kappa shape index (κ2) is 11.1. The Bertz CT molecular complexity index is 1320. The number of aromatic nitrogens is 1. The van der Waals surface area contributed by atoms with E-state index in [1.165, 1.54) is 22.5 Å². The predicted molar refractivity (Wildman–Crippen MR) is 146 cm³/mol. The number of anilines is 1. The highest BCUT2D eigenvalue weighted by molar-refractivity contribution is 9.10. The number of hydrogen-bond donors (Lipinski definition) is 1. The molecule has 0 unspecified atom stereocenters. The van der Waals surface area contributed by atoms with E-state index >= 15 is 0 Å². The van der Waals surface area contributed by atoms with Crippen LogP contribution in [0.5, 0.6) is 0 Å². The van der Waals surface area contributed by atoms with E-state index in [4.69, 9.17) is 13.9 Å². The number of nitrogens with zero attached hydrogens (tertiary/aromatic N) is 3. The maximum absolute atomic E-state index is 13.3. The SMILES string of the molecule is C[C@@H](Cc1sc2c(N(Cc3ccco3)C(=O)OC(C)(C)C)cc(C#N)nc2c1Br)NC(=O)OC(C)(C)C. The van der Waals surface area contributed by atoms with Crippen LogP contribution in [0.25, 0.3) is 10.2 Å². The van der Waals surface area contributed by atoms with E-state index in [-0.39, 0.29) is 18.3 Å². The van der Waals surface area contributed by atoms with E-state index in [2.05, 4.69) is 32.3 Å². The van der Waals surface area contributed by atoms with Crippen LogP contribution in [0.3, 0.4) is 0 Å². The van der Waals surface area contributed by atoms with Crippen molar-refractivity contribution in [2.24, 2.45) is 0 Å². The van der Waals surface area contributed by atoms with Gasteiger partial charge in [-0.2, -0.15) is 5.26 Å². The Hall–Kier alpha value is -3.10. The van der Waals surface area contributed by atoms with Gasteiger partial charge in [-0.05, 0) is 76.5 Å². The number of pyridine rings is 1. The third-order valence-electron chi connectivity index (χ3n) is 4.80. The molecule has 0 spiro atoms. The number of furan rings is 1. The molecular formula is C26H31BrN4O5S. The summed E-state index contributed by atoms with van der Waals surface area (Å²) in [5, 5.41) is 12.5. The average Bonchev–Trinajstić information content (AvgIpc) is 3.37. The first-order valence-electron chi connectivity index (χ1n) is 11.7. The van der Waals surface area contributed by atoms with Gasteiger partial charge in [0.15, 0.2) is 0 Å². The fourth-order valence-electron chi connectivity index (χ4n) is 3.42. The van der Waals surface area contributed by atoms with Crippen LogP contribution in [0.4, 0.5) is 15.3 Å². The summed E-state index contributed by atoms with van der Waals surface area (Å²) in [6.07, 6.45) is 0.931. The standard InChI is InChI=1S/C26H31BrN4O5S/c1-15(29-23(32)35-25(2,3)4)11-19-20(27)21-22(37-19)18(12-16(13-28)30-21)31(14-17-9-8-10-34-17)24(33)36-26(5,6)7/h8-10,12,15H,11,14H2,1-7H3,(H,29,32)/t15-/m0/s1. The van der Waals surface area contributed by atoms with Crippen molar-refractivity contribution in [3.05, 3.63) is 45.3 Å². The van der Waals surface area contributed by atoms with Crippen molar-refractivity contribution in [3.63, 3.8) is 0 Å². The summed E-state index contributed by atoms with van der Waals surface area (Å²) < 4.78 is 17.9. The predicted octanol–water partition coefficient (Wildman–Crippen LogP) is 6.92. The summed E-state index contributed by atoms with van der Waals surface area (Å²) in [5.41, 5.74) is -0.149. The number of amides is 2. The van der Waals surface area contributed by atoms with Gasteiger partial charge in [-0.1, -0.05) is 0 Å². The maximum atomic E-state index is 13.3. The molecule has 3 aromatic heterocycles. The van der Waals surface area contributed by atoms with Gasteiger partial charge in [0.2, 0.25) is 0 Å². The van der Waals surface area contributed by atoms with Crippen LogP contribution >= 0.6 is 27.3 Å². The van der Waals surface area contributed by atoms with Gasteiger partial charge in [0.1, 0.15) is 28.7 Å². The minimum absolute atomic E-state index is 0.105. The van der Waals surface area contributed by atoms with Gasteiger partial charge in [-0.25, -0.2) is 14.6 Å². The summed E-state index contributed by atoms with van der Waals surface area (Å²) in [6, 6.07) is 6.91. The number of carbonyl (C=O) groups is 2. The van der Waals surface area contributed by atoms with Crippen LogP contribution in [-0.2, 0) is 22.4 Å². The molecule has 1 N–H and O–H groups in total. The topological polar surface area (TPSA) is 118 Å². The number of carbonyl (C=O) groups excluding carboxylic acids is 2. The second-order valence-corrected chi connectivity index (χ2v) is 12.5. The van der Waals surface area contributed by atoms with E-state index in [1.807, 2.05) is 6.92 Å². The van der Waals surface area contributed by atoms with Crippen molar-refractivity contribution in [2.75, 3.05) is 4.90 Å². The van der Waals surface area contributed by atoms with Gasteiger partial charge < -0.3 is 19.2 Å². The van der Waals surface area contributed by atoms with E-state index in [0.29, 0.717) is 32.6 Å². The molecule has 9 nitrogen and oxygen atoms in total. The Balaban J connectivity index is 2.02. The number of alkyl carbamates (subject to hydrolysis) is 1. The molecule has 0 fully saturated rings. The summed E-state index contributed by atoms with van der Waals surface area (Å²) in [6.45, 7) is 12.8. The first kappa shape index (κ1) is 28.5. The Labute approximate surface area is 228 Å². The van der Waals surface area contributed by atoms with E-state index < -0.39 is 23.4 Å². The molecule has 3 rings (SSSR count). The summed E-state index contributed by atoms with van der Waals surface area (Å²) >= 11 is 5.05. The molecule has 3 heterocycles. The Kier molecular flexibility index (Phi) is 8.55. The van der Waals surface area contributed by atoms with Crippen LogP contribution in [0.15, 0.2) is 33.4 Å². The van der Waals surface area contributed by atoms with Crippen molar-refractivity contribution >= 4 is 55.4 Å². The van der Waals surface area contributed by atoms with Crippen LogP contribution in [0, 0.1) is 11.3 Å². The monoisotopic (exact) mass is 590 g/mol. The average molecular weight is 592 g/mol. The number of nitriles is 1. The van der Waals surface area contributed by atoms with Gasteiger partial charge in [-0.15, -0.1) is 11.3 Å². The van der Waals surface area contributed by atoms with Gasteiger partial charge in [-0.3, -0.25) is 4.90 Å². The quantitative estimate of drug-likeness (QED) is 0.331. The van der Waals surface area contributed by atoms with Crippen LogP contribution < -0.4 is 10.2 Å². The number of thiophene rings is 1. The first-order chi connectivity index (χ1) is 17.2. The molecule has 0 bridgehead atoms. The zero-order valence-corrected chi connectivity index (χ0v) is 24.4. The summed E-state index contributed by atoms with van der Waals surface area (Å²) in [5.74, 6) is 0.556. The number of hydrogen-bond acceptors (Lipinski definition) is 8. The van der Waals surface area contributed by atoms with Gasteiger partial charge >= 0.3 is 12.2 Å². The maximum Gasteiger partial charge on any atom is 0.415 e. The number of ether oxygens (including phenoxy) is 2. The highest BCUT2D eigenvalue weighted by Gasteiger charge is 2.29. The molecule has 0 saturated carbocycles. The number of nitrogens with one attached hydrogen (secondary N) is 1. The fraction of sp³-hybridized carbons (Fsp3) is 0.462. The van der Waals surface area contributed by atoms with Crippen molar-refractivity contribution in [2.45, 2.75) is 78.7 Å². The normalized spacial score (nSPS) is 12.6. The Morgan fingerprint density at radius 2 is 1.92 bits per heavy atom. The van der Waals surface area contributed by atoms with E-state index in [9.17, 15) is 14.9 Å². The molecule has 0 aliphatic heterocycles. The summed E-state index contributed by atoms with van der Waals surface area (Å²) in [7, 11) is 0. The van der Waals surface area contributed by atoms with Gasteiger partial charge in [0, 0.05) is 23.4 Å².